The van der Waals surface area contributed by atoms with E-state index in [9.17, 15) is 19.5 Å². The van der Waals surface area contributed by atoms with E-state index in [1.54, 1.807) is 0 Å². The first-order valence-electron chi connectivity index (χ1n) is 24.8. The Hall–Kier alpha value is -1.59. The predicted molar refractivity (Wildman–Crippen MR) is 238 cm³/mol. The van der Waals surface area contributed by atoms with Crippen molar-refractivity contribution in [2.75, 3.05) is 13.1 Å². The molecule has 6 heteroatoms. The van der Waals surface area contributed by atoms with Gasteiger partial charge in [-0.1, -0.05) is 239 Å². The van der Waals surface area contributed by atoms with Crippen LogP contribution in [0.4, 0.5) is 0 Å². The van der Waals surface area contributed by atoms with Gasteiger partial charge in [0.15, 0.2) is 0 Å². The first-order chi connectivity index (χ1) is 27.0. The molecular weight excluding hydrogens is 681 g/mol. The van der Waals surface area contributed by atoms with Crippen LogP contribution in [0, 0.1) is 0 Å². The second-order valence-corrected chi connectivity index (χ2v) is 17.1. The van der Waals surface area contributed by atoms with Gasteiger partial charge in [-0.15, -0.1) is 0 Å². The molecule has 0 aliphatic carbocycles. The summed E-state index contributed by atoms with van der Waals surface area (Å²) in [6.45, 7) is 8.20. The maximum absolute atomic E-state index is 14.0. The minimum absolute atomic E-state index is 0.0777. The standard InChI is InChI=1S/C49H96N2O4/c1-4-7-10-13-16-19-21-23-25-27-30-33-36-39-44-51(45-40-37-34-31-28-26-24-22-20-17-14-11-8-5-2)49(55)46(42-43-48(53)54)50-47(52)41-38-35-32-29-18-15-12-9-6-3/h46H,4-45H2,1-3H3,(H,50,52)(H,53,54). The summed E-state index contributed by atoms with van der Waals surface area (Å²) in [7, 11) is 0. The second kappa shape index (κ2) is 43.5. The number of hydrogen-bond donors (Lipinski definition) is 2. The fraction of sp³-hybridized carbons (Fsp3) is 0.939. The number of rotatable bonds is 45. The van der Waals surface area contributed by atoms with Crippen molar-refractivity contribution in [1.29, 1.82) is 0 Å². The molecule has 0 aromatic rings. The second-order valence-electron chi connectivity index (χ2n) is 17.1. The van der Waals surface area contributed by atoms with Gasteiger partial charge >= 0.3 is 5.97 Å². The summed E-state index contributed by atoms with van der Waals surface area (Å²) in [4.78, 5) is 40.5. The third-order valence-corrected chi connectivity index (χ3v) is 11.7. The van der Waals surface area contributed by atoms with Gasteiger partial charge in [-0.3, -0.25) is 14.4 Å². The number of carboxylic acid groups (broad SMARTS) is 1. The minimum Gasteiger partial charge on any atom is -0.481 e. The Kier molecular flexibility index (Phi) is 42.3. The Morgan fingerprint density at radius 2 is 0.673 bits per heavy atom. The van der Waals surface area contributed by atoms with Crippen LogP contribution in [0.1, 0.15) is 278 Å². The largest absolute Gasteiger partial charge is 0.481 e. The summed E-state index contributed by atoms with van der Waals surface area (Å²) in [6.07, 6.45) is 47.6. The van der Waals surface area contributed by atoms with Gasteiger partial charge in [0.1, 0.15) is 6.04 Å². The van der Waals surface area contributed by atoms with Crippen molar-refractivity contribution in [3.05, 3.63) is 0 Å². The van der Waals surface area contributed by atoms with E-state index in [1.807, 2.05) is 4.90 Å². The van der Waals surface area contributed by atoms with Crippen molar-refractivity contribution < 1.29 is 19.5 Å². The number of nitrogens with one attached hydrogen (secondary N) is 1. The molecule has 0 fully saturated rings. The lowest BCUT2D eigenvalue weighted by molar-refractivity contribution is -0.139. The quantitative estimate of drug-likeness (QED) is 0.0603. The molecule has 2 N–H and O–H groups in total. The molecule has 1 atom stereocenters. The summed E-state index contributed by atoms with van der Waals surface area (Å²) >= 11 is 0. The highest BCUT2D eigenvalue weighted by Gasteiger charge is 2.26. The molecule has 0 rings (SSSR count). The first kappa shape index (κ1) is 53.4. The van der Waals surface area contributed by atoms with Crippen LogP contribution < -0.4 is 5.32 Å². The van der Waals surface area contributed by atoms with Crippen LogP contribution in [0.5, 0.6) is 0 Å². The molecule has 2 amide bonds. The van der Waals surface area contributed by atoms with Gasteiger partial charge in [0.05, 0.1) is 0 Å². The maximum Gasteiger partial charge on any atom is 0.303 e. The van der Waals surface area contributed by atoms with E-state index in [-0.39, 0.29) is 24.7 Å². The first-order valence-corrected chi connectivity index (χ1v) is 24.8. The van der Waals surface area contributed by atoms with E-state index in [0.717, 1.165) is 44.9 Å². The van der Waals surface area contributed by atoms with Gasteiger partial charge in [-0.25, -0.2) is 0 Å². The fourth-order valence-corrected chi connectivity index (χ4v) is 7.93. The highest BCUT2D eigenvalue weighted by Crippen LogP contribution is 2.17. The number of amides is 2. The molecule has 0 aromatic carbocycles. The molecule has 0 aliphatic rings. The van der Waals surface area contributed by atoms with Crippen LogP contribution in [0.25, 0.3) is 0 Å². The highest BCUT2D eigenvalue weighted by atomic mass is 16.4. The van der Waals surface area contributed by atoms with Crippen molar-refractivity contribution in [3.8, 4) is 0 Å². The monoisotopic (exact) mass is 777 g/mol. The van der Waals surface area contributed by atoms with Crippen molar-refractivity contribution in [1.82, 2.24) is 10.2 Å². The predicted octanol–water partition coefficient (Wildman–Crippen LogP) is 15.0. The number of carboxylic acids is 1. The Labute approximate surface area is 343 Å². The van der Waals surface area contributed by atoms with Crippen LogP contribution in [0.15, 0.2) is 0 Å². The average Bonchev–Trinajstić information content (AvgIpc) is 3.17. The van der Waals surface area contributed by atoms with Crippen LogP contribution in [-0.4, -0.2) is 46.9 Å². The van der Waals surface area contributed by atoms with E-state index in [4.69, 9.17) is 0 Å². The van der Waals surface area contributed by atoms with Gasteiger partial charge in [0.25, 0.3) is 0 Å². The van der Waals surface area contributed by atoms with Crippen molar-refractivity contribution in [2.24, 2.45) is 0 Å². The van der Waals surface area contributed by atoms with Crippen molar-refractivity contribution >= 4 is 17.8 Å². The molecule has 55 heavy (non-hydrogen) atoms. The molecule has 0 saturated carbocycles. The summed E-state index contributed by atoms with van der Waals surface area (Å²) in [5.41, 5.74) is 0. The van der Waals surface area contributed by atoms with E-state index >= 15 is 0 Å². The Balaban J connectivity index is 4.76. The van der Waals surface area contributed by atoms with E-state index in [2.05, 4.69) is 26.1 Å². The third-order valence-electron chi connectivity index (χ3n) is 11.7. The molecule has 0 saturated heterocycles. The number of nitrogens with zero attached hydrogens (tertiary/aromatic N) is 1. The molecule has 0 aromatic heterocycles. The summed E-state index contributed by atoms with van der Waals surface area (Å²) in [5, 5.41) is 12.4. The third kappa shape index (κ3) is 39.0. The zero-order chi connectivity index (χ0) is 40.3. The minimum atomic E-state index is -0.920. The van der Waals surface area contributed by atoms with Gasteiger partial charge in [0.2, 0.25) is 11.8 Å². The normalized spacial score (nSPS) is 11.9. The lowest BCUT2D eigenvalue weighted by Gasteiger charge is -2.28. The maximum atomic E-state index is 14.0. The zero-order valence-electron chi connectivity index (χ0n) is 37.4. The van der Waals surface area contributed by atoms with Crippen molar-refractivity contribution in [3.63, 3.8) is 0 Å². The topological polar surface area (TPSA) is 86.7 Å². The molecular formula is C49H96N2O4. The molecule has 0 heterocycles. The fourth-order valence-electron chi connectivity index (χ4n) is 7.93. The van der Waals surface area contributed by atoms with Gasteiger partial charge in [-0.05, 0) is 25.7 Å². The summed E-state index contributed by atoms with van der Waals surface area (Å²) < 4.78 is 0. The van der Waals surface area contributed by atoms with Crippen LogP contribution in [-0.2, 0) is 14.4 Å². The van der Waals surface area contributed by atoms with E-state index in [0.29, 0.717) is 19.5 Å². The van der Waals surface area contributed by atoms with Crippen LogP contribution in [0.3, 0.4) is 0 Å². The molecule has 1 unspecified atom stereocenters. The van der Waals surface area contributed by atoms with E-state index < -0.39 is 12.0 Å². The molecule has 326 valence electrons. The number of hydrogen-bond acceptors (Lipinski definition) is 3. The number of aliphatic carboxylic acids is 1. The molecule has 0 spiro atoms. The van der Waals surface area contributed by atoms with Gasteiger partial charge in [0, 0.05) is 25.9 Å². The number of carbonyl (C=O) groups excluding carboxylic acids is 2. The van der Waals surface area contributed by atoms with Gasteiger partial charge < -0.3 is 15.3 Å². The molecule has 0 bridgehead atoms. The molecule has 0 aliphatic heterocycles. The zero-order valence-corrected chi connectivity index (χ0v) is 37.4. The Morgan fingerprint density at radius 1 is 0.400 bits per heavy atom. The summed E-state index contributed by atoms with van der Waals surface area (Å²) in [5.74, 6) is -1.11. The highest BCUT2D eigenvalue weighted by molar-refractivity contribution is 5.88. The molecule has 6 nitrogen and oxygen atoms in total. The molecule has 0 radical (unpaired) electrons. The van der Waals surface area contributed by atoms with E-state index in [1.165, 1.54) is 193 Å². The van der Waals surface area contributed by atoms with Crippen LogP contribution in [0.2, 0.25) is 0 Å². The SMILES string of the molecule is CCCCCCCCCCCCCCCCN(CCCCCCCCCCCCCCCC)C(=O)C(CCC(=O)O)NC(=O)CCCCCCCCCCC. The smallest absolute Gasteiger partial charge is 0.303 e. The Bertz CT molecular complexity index is 802. The van der Waals surface area contributed by atoms with Crippen molar-refractivity contribution in [2.45, 2.75) is 284 Å². The Morgan fingerprint density at radius 3 is 0.964 bits per heavy atom. The summed E-state index contributed by atoms with van der Waals surface area (Å²) in [6, 6.07) is -0.750. The number of unbranched alkanes of at least 4 members (excludes halogenated alkanes) is 34. The average molecular weight is 777 g/mol. The number of carbonyl (C=O) groups is 3. The van der Waals surface area contributed by atoms with Gasteiger partial charge in [-0.2, -0.15) is 0 Å². The van der Waals surface area contributed by atoms with Crippen LogP contribution >= 0.6 is 0 Å². The lowest BCUT2D eigenvalue weighted by Crippen LogP contribution is -2.49. The lowest BCUT2D eigenvalue weighted by atomic mass is 10.0.